The molecule has 2 aromatic carbocycles. The number of ether oxygens (including phenoxy) is 1. The lowest BCUT2D eigenvalue weighted by Crippen LogP contribution is -2.15. The third-order valence-electron chi connectivity index (χ3n) is 5.83. The van der Waals surface area contributed by atoms with Crippen molar-refractivity contribution < 1.29 is 9.53 Å². The van der Waals surface area contributed by atoms with Crippen LogP contribution in [0.15, 0.2) is 91.5 Å². The minimum Gasteiger partial charge on any atom is -0.456 e. The Kier molecular flexibility index (Phi) is 5.63. The van der Waals surface area contributed by atoms with Crippen LogP contribution in [-0.2, 0) is 18.3 Å². The summed E-state index contributed by atoms with van der Waals surface area (Å²) in [6, 6.07) is 21.2. The van der Waals surface area contributed by atoms with Gasteiger partial charge in [0, 0.05) is 43.3 Å². The standard InChI is InChI=1S/C28H21N5O2S/c1-33-13-12-30-28(33)24-16-22-27(36-24)23(10-11-29-22)35-21-8-6-18(7-9-21)14-26(34)32-25-15-19-4-2-3-5-20(19)17-31-25/h2-13,15-17H,14H2,1H3,(H,31,32,34). The van der Waals surface area contributed by atoms with Crippen LogP contribution in [-0.4, -0.2) is 25.4 Å². The van der Waals surface area contributed by atoms with Crippen LogP contribution in [0.5, 0.6) is 11.5 Å². The third kappa shape index (κ3) is 4.42. The van der Waals surface area contributed by atoms with Gasteiger partial charge in [0.05, 0.1) is 21.5 Å². The molecule has 0 aliphatic rings. The molecule has 0 unspecified atom stereocenters. The largest absolute Gasteiger partial charge is 0.456 e. The zero-order chi connectivity index (χ0) is 24.5. The van der Waals surface area contributed by atoms with Crippen molar-refractivity contribution in [2.45, 2.75) is 6.42 Å². The van der Waals surface area contributed by atoms with Crippen LogP contribution in [0.1, 0.15) is 5.56 Å². The first-order valence-electron chi connectivity index (χ1n) is 11.4. The lowest BCUT2D eigenvalue weighted by Gasteiger charge is -2.08. The molecule has 0 fully saturated rings. The molecule has 0 atom stereocenters. The van der Waals surface area contributed by atoms with Gasteiger partial charge < -0.3 is 14.6 Å². The number of nitrogens with one attached hydrogen (secondary N) is 1. The fourth-order valence-electron chi connectivity index (χ4n) is 4.04. The van der Waals surface area contributed by atoms with Gasteiger partial charge in [-0.2, -0.15) is 0 Å². The minimum absolute atomic E-state index is 0.123. The number of nitrogens with zero attached hydrogens (tertiary/aromatic N) is 4. The molecular formula is C28H21N5O2S. The lowest BCUT2D eigenvalue weighted by atomic mass is 10.1. The highest BCUT2D eigenvalue weighted by molar-refractivity contribution is 7.22. The van der Waals surface area contributed by atoms with Gasteiger partial charge >= 0.3 is 0 Å². The molecule has 0 spiro atoms. The molecule has 1 N–H and O–H groups in total. The van der Waals surface area contributed by atoms with Gasteiger partial charge in [0.25, 0.3) is 0 Å². The van der Waals surface area contributed by atoms with E-state index in [9.17, 15) is 4.79 Å². The maximum atomic E-state index is 12.6. The number of hydrogen-bond acceptors (Lipinski definition) is 6. The minimum atomic E-state index is -0.123. The van der Waals surface area contributed by atoms with E-state index in [4.69, 9.17) is 4.74 Å². The van der Waals surface area contributed by atoms with E-state index < -0.39 is 0 Å². The van der Waals surface area contributed by atoms with Crippen LogP contribution in [0.3, 0.4) is 0 Å². The fourth-order valence-corrected chi connectivity index (χ4v) is 5.14. The summed E-state index contributed by atoms with van der Waals surface area (Å²) in [5.41, 5.74) is 1.75. The zero-order valence-electron chi connectivity index (χ0n) is 19.4. The van der Waals surface area contributed by atoms with E-state index >= 15 is 0 Å². The lowest BCUT2D eigenvalue weighted by molar-refractivity contribution is -0.115. The molecule has 0 aliphatic heterocycles. The van der Waals surface area contributed by atoms with Crippen molar-refractivity contribution in [1.29, 1.82) is 0 Å². The summed E-state index contributed by atoms with van der Waals surface area (Å²) in [7, 11) is 1.97. The highest BCUT2D eigenvalue weighted by Crippen LogP contribution is 2.38. The van der Waals surface area contributed by atoms with Crippen LogP contribution < -0.4 is 10.1 Å². The van der Waals surface area contributed by atoms with E-state index in [0.29, 0.717) is 11.6 Å². The number of benzene rings is 2. The predicted molar refractivity (Wildman–Crippen MR) is 142 cm³/mol. The van der Waals surface area contributed by atoms with Crippen LogP contribution in [0, 0.1) is 0 Å². The number of aryl methyl sites for hydroxylation is 1. The molecule has 0 saturated carbocycles. The average molecular weight is 492 g/mol. The number of rotatable bonds is 6. The van der Waals surface area contributed by atoms with Gasteiger partial charge in [-0.25, -0.2) is 9.97 Å². The second kappa shape index (κ2) is 9.24. The Morgan fingerprint density at radius 3 is 2.61 bits per heavy atom. The number of anilines is 1. The van der Waals surface area contributed by atoms with Gasteiger partial charge in [0.15, 0.2) is 0 Å². The Morgan fingerprint density at radius 2 is 1.81 bits per heavy atom. The van der Waals surface area contributed by atoms with Crippen molar-refractivity contribution in [2.75, 3.05) is 5.32 Å². The average Bonchev–Trinajstić information content (AvgIpc) is 3.51. The Hall–Kier alpha value is -4.56. The number of carbonyl (C=O) groups is 1. The predicted octanol–water partition coefficient (Wildman–Crippen LogP) is 6.22. The van der Waals surface area contributed by atoms with Gasteiger partial charge in [-0.3, -0.25) is 9.78 Å². The first-order valence-corrected chi connectivity index (χ1v) is 12.2. The molecule has 4 heterocycles. The maximum absolute atomic E-state index is 12.6. The van der Waals surface area contributed by atoms with Gasteiger partial charge in [-0.15, -0.1) is 11.3 Å². The van der Waals surface area contributed by atoms with Crippen molar-refractivity contribution in [3.63, 3.8) is 0 Å². The van der Waals surface area contributed by atoms with Crippen molar-refractivity contribution >= 4 is 44.1 Å². The Morgan fingerprint density at radius 1 is 0.972 bits per heavy atom. The van der Waals surface area contributed by atoms with E-state index in [1.54, 1.807) is 29.9 Å². The summed E-state index contributed by atoms with van der Waals surface area (Å²) in [6.07, 6.45) is 7.45. The van der Waals surface area contributed by atoms with Crippen molar-refractivity contribution in [3.8, 4) is 22.2 Å². The number of fused-ring (bicyclic) bond motifs is 2. The quantitative estimate of drug-likeness (QED) is 0.299. The van der Waals surface area contributed by atoms with Crippen molar-refractivity contribution in [1.82, 2.24) is 19.5 Å². The highest BCUT2D eigenvalue weighted by Gasteiger charge is 2.13. The van der Waals surface area contributed by atoms with E-state index in [0.717, 1.165) is 43.0 Å². The SMILES string of the molecule is Cn1ccnc1-c1cc2nccc(Oc3ccc(CC(=O)Nc4cc5ccccc5cn4)cc3)c2s1. The molecule has 6 aromatic rings. The summed E-state index contributed by atoms with van der Waals surface area (Å²) in [5, 5.41) is 4.95. The maximum Gasteiger partial charge on any atom is 0.229 e. The van der Waals surface area contributed by atoms with E-state index in [2.05, 4.69) is 20.3 Å². The Bertz CT molecular complexity index is 1700. The number of pyridine rings is 2. The summed E-state index contributed by atoms with van der Waals surface area (Å²) in [5.74, 6) is 2.74. The molecule has 0 saturated heterocycles. The number of hydrogen-bond donors (Lipinski definition) is 1. The molecule has 0 aliphatic carbocycles. The monoisotopic (exact) mass is 491 g/mol. The number of aromatic nitrogens is 4. The Balaban J connectivity index is 1.15. The van der Waals surface area contributed by atoms with Crippen LogP contribution in [0.2, 0.25) is 0 Å². The molecular weight excluding hydrogens is 470 g/mol. The number of imidazole rings is 1. The van der Waals surface area contributed by atoms with E-state index in [-0.39, 0.29) is 12.3 Å². The third-order valence-corrected chi connectivity index (χ3v) is 6.97. The molecule has 6 rings (SSSR count). The smallest absolute Gasteiger partial charge is 0.229 e. The van der Waals surface area contributed by atoms with Crippen molar-refractivity contribution in [3.05, 3.63) is 97.1 Å². The number of thiophene rings is 1. The van der Waals surface area contributed by atoms with E-state index in [1.165, 1.54) is 0 Å². The summed E-state index contributed by atoms with van der Waals surface area (Å²) in [4.78, 5) is 26.9. The number of carbonyl (C=O) groups excluding carboxylic acids is 1. The van der Waals surface area contributed by atoms with Gasteiger partial charge in [-0.05, 0) is 35.2 Å². The molecule has 176 valence electrons. The number of amides is 1. The summed E-state index contributed by atoms with van der Waals surface area (Å²) < 4.78 is 9.12. The molecule has 4 aromatic heterocycles. The normalized spacial score (nSPS) is 11.1. The first-order chi connectivity index (χ1) is 17.6. The van der Waals surface area contributed by atoms with Gasteiger partial charge in [0.2, 0.25) is 5.91 Å². The topological polar surface area (TPSA) is 81.9 Å². The van der Waals surface area contributed by atoms with Crippen molar-refractivity contribution in [2.24, 2.45) is 7.05 Å². The second-order valence-corrected chi connectivity index (χ2v) is 9.44. The molecule has 0 bridgehead atoms. The molecule has 36 heavy (non-hydrogen) atoms. The Labute approximate surface area is 211 Å². The molecule has 7 nitrogen and oxygen atoms in total. The van der Waals surface area contributed by atoms with Crippen LogP contribution in [0.4, 0.5) is 5.82 Å². The highest BCUT2D eigenvalue weighted by atomic mass is 32.1. The molecule has 1 amide bonds. The summed E-state index contributed by atoms with van der Waals surface area (Å²) in [6.45, 7) is 0. The van der Waals surface area contributed by atoms with E-state index in [1.807, 2.05) is 84.5 Å². The van der Waals surface area contributed by atoms with Gasteiger partial charge in [-0.1, -0.05) is 36.4 Å². The molecule has 8 heteroatoms. The van der Waals surface area contributed by atoms with Crippen LogP contribution >= 0.6 is 11.3 Å². The second-order valence-electron chi connectivity index (χ2n) is 8.38. The first kappa shape index (κ1) is 21.9. The zero-order valence-corrected chi connectivity index (χ0v) is 20.2. The van der Waals surface area contributed by atoms with Crippen LogP contribution in [0.25, 0.3) is 31.7 Å². The van der Waals surface area contributed by atoms with Gasteiger partial charge in [0.1, 0.15) is 23.1 Å². The molecule has 0 radical (unpaired) electrons. The fraction of sp³-hybridized carbons (Fsp3) is 0.0714. The summed E-state index contributed by atoms with van der Waals surface area (Å²) >= 11 is 1.60.